The van der Waals surface area contributed by atoms with E-state index in [9.17, 15) is 13.2 Å². The van der Waals surface area contributed by atoms with Gasteiger partial charge in [0.2, 0.25) is 0 Å². The number of fused-ring (bicyclic) bond motifs is 1. The number of hydrogen-bond acceptors (Lipinski definition) is 5. The zero-order valence-corrected chi connectivity index (χ0v) is 18.2. The van der Waals surface area contributed by atoms with E-state index in [1.807, 2.05) is 30.3 Å². The molecule has 0 aliphatic heterocycles. The molecule has 8 heteroatoms. The highest BCUT2D eigenvalue weighted by molar-refractivity contribution is 7.92. The summed E-state index contributed by atoms with van der Waals surface area (Å²) in [6.07, 6.45) is 1.63. The van der Waals surface area contributed by atoms with Crippen LogP contribution >= 0.6 is 11.3 Å². The summed E-state index contributed by atoms with van der Waals surface area (Å²) in [5, 5.41) is 0. The van der Waals surface area contributed by atoms with Crippen molar-refractivity contribution in [1.82, 2.24) is 4.57 Å². The molecule has 0 saturated heterocycles. The average molecular weight is 453 g/mol. The minimum Gasteiger partial charge on any atom is -0.490 e. The van der Waals surface area contributed by atoms with Gasteiger partial charge in [-0.1, -0.05) is 54.3 Å². The Morgan fingerprint density at radius 3 is 2.48 bits per heavy atom. The van der Waals surface area contributed by atoms with Crippen LogP contribution < -0.4 is 14.3 Å². The van der Waals surface area contributed by atoms with Crippen LogP contribution in [0.5, 0.6) is 5.75 Å². The molecule has 158 valence electrons. The summed E-state index contributed by atoms with van der Waals surface area (Å²) in [5.41, 5.74) is 2.13. The van der Waals surface area contributed by atoms with Crippen LogP contribution in [-0.4, -0.2) is 19.6 Å². The molecule has 1 heterocycles. The van der Waals surface area contributed by atoms with Gasteiger partial charge in [-0.3, -0.25) is 14.1 Å². The van der Waals surface area contributed by atoms with Gasteiger partial charge in [0, 0.05) is 5.69 Å². The third kappa shape index (κ3) is 4.70. The lowest BCUT2D eigenvalue weighted by atomic mass is 10.2. The van der Waals surface area contributed by atoms with Crippen LogP contribution in [-0.2, 0) is 16.6 Å². The highest BCUT2D eigenvalue weighted by Gasteiger charge is 2.17. The Hall–Kier alpha value is -3.36. The summed E-state index contributed by atoms with van der Waals surface area (Å²) in [4.78, 5) is 12.5. The Bertz CT molecular complexity index is 1370. The number of rotatable bonds is 8. The predicted octanol–water partition coefficient (Wildman–Crippen LogP) is 4.48. The molecule has 0 atom stereocenters. The molecule has 1 N–H and O–H groups in total. The number of nitrogens with zero attached hydrogens (tertiary/aromatic N) is 1. The Labute approximate surface area is 184 Å². The molecule has 6 nitrogen and oxygen atoms in total. The van der Waals surface area contributed by atoms with Crippen LogP contribution in [0.15, 0.2) is 95.1 Å². The fourth-order valence-electron chi connectivity index (χ4n) is 3.12. The van der Waals surface area contributed by atoms with Crippen molar-refractivity contribution in [3.8, 4) is 5.75 Å². The second-order valence-corrected chi connectivity index (χ2v) is 9.47. The lowest BCUT2D eigenvalue weighted by Gasteiger charge is -2.10. The van der Waals surface area contributed by atoms with Crippen molar-refractivity contribution < 1.29 is 13.2 Å². The molecule has 0 fully saturated rings. The predicted molar refractivity (Wildman–Crippen MR) is 125 cm³/mol. The van der Waals surface area contributed by atoms with Gasteiger partial charge in [-0.25, -0.2) is 8.42 Å². The van der Waals surface area contributed by atoms with Crippen molar-refractivity contribution in [1.29, 1.82) is 0 Å². The molecule has 0 amide bonds. The van der Waals surface area contributed by atoms with E-state index in [-0.39, 0.29) is 9.77 Å². The van der Waals surface area contributed by atoms with E-state index in [0.717, 1.165) is 16.9 Å². The van der Waals surface area contributed by atoms with Crippen molar-refractivity contribution in [3.63, 3.8) is 0 Å². The first-order valence-corrected chi connectivity index (χ1v) is 11.8. The van der Waals surface area contributed by atoms with Crippen LogP contribution in [0.3, 0.4) is 0 Å². The maximum Gasteiger partial charge on any atom is 0.308 e. The Kier molecular flexibility index (Phi) is 5.92. The molecule has 4 rings (SSSR count). The van der Waals surface area contributed by atoms with Gasteiger partial charge in [0.15, 0.2) is 0 Å². The normalized spacial score (nSPS) is 11.4. The first kappa shape index (κ1) is 20.9. The number of anilines is 1. The minimum atomic E-state index is -3.81. The highest BCUT2D eigenvalue weighted by atomic mass is 32.2. The zero-order chi connectivity index (χ0) is 21.8. The highest BCUT2D eigenvalue weighted by Crippen LogP contribution is 2.25. The van der Waals surface area contributed by atoms with E-state index in [2.05, 4.69) is 11.3 Å². The molecule has 0 aliphatic rings. The summed E-state index contributed by atoms with van der Waals surface area (Å²) in [5.74, 6) is 0.619. The van der Waals surface area contributed by atoms with Gasteiger partial charge in [0.25, 0.3) is 10.0 Å². The molecular weight excluding hydrogens is 432 g/mol. The van der Waals surface area contributed by atoms with Crippen molar-refractivity contribution >= 4 is 37.3 Å². The Balaban J connectivity index is 1.59. The number of hydrogen-bond donors (Lipinski definition) is 1. The van der Waals surface area contributed by atoms with Crippen molar-refractivity contribution in [3.05, 3.63) is 101 Å². The minimum absolute atomic E-state index is 0.0973. The van der Waals surface area contributed by atoms with Gasteiger partial charge in [-0.2, -0.15) is 0 Å². The van der Waals surface area contributed by atoms with Gasteiger partial charge in [0.05, 0.1) is 21.7 Å². The number of nitrogens with one attached hydrogen (secondary N) is 1. The SMILES string of the molecule is C=CCOc1ccc(NS(=O)(=O)c2ccc3c(c2)sc(=O)n3Cc2ccccc2)cc1. The standard InChI is InChI=1S/C23H20N2O4S2/c1-2-14-29-19-10-8-18(9-11-19)24-31(27,28)20-12-13-21-22(15-20)30-23(26)25(21)16-17-6-4-3-5-7-17/h2-13,15,24H,1,14,16H2. The van der Waals surface area contributed by atoms with Crippen LogP contribution in [0.2, 0.25) is 0 Å². The topological polar surface area (TPSA) is 77.4 Å². The Morgan fingerprint density at radius 1 is 1.03 bits per heavy atom. The van der Waals surface area contributed by atoms with E-state index in [0.29, 0.717) is 34.8 Å². The number of ether oxygens (including phenoxy) is 1. The van der Waals surface area contributed by atoms with E-state index < -0.39 is 10.0 Å². The quantitative estimate of drug-likeness (QED) is 0.400. The van der Waals surface area contributed by atoms with Gasteiger partial charge in [0.1, 0.15) is 12.4 Å². The number of aromatic nitrogens is 1. The lowest BCUT2D eigenvalue weighted by Crippen LogP contribution is -2.14. The Morgan fingerprint density at radius 2 is 1.77 bits per heavy atom. The molecule has 31 heavy (non-hydrogen) atoms. The van der Waals surface area contributed by atoms with Crippen LogP contribution in [0, 0.1) is 0 Å². The van der Waals surface area contributed by atoms with Crippen LogP contribution in [0.4, 0.5) is 5.69 Å². The second-order valence-electron chi connectivity index (χ2n) is 6.80. The van der Waals surface area contributed by atoms with E-state index in [1.54, 1.807) is 41.0 Å². The summed E-state index contributed by atoms with van der Waals surface area (Å²) in [7, 11) is -3.81. The molecule has 0 spiro atoms. The summed E-state index contributed by atoms with van der Waals surface area (Å²) in [6.45, 7) is 4.40. The maximum absolute atomic E-state index is 12.8. The summed E-state index contributed by atoms with van der Waals surface area (Å²) < 4.78 is 35.9. The molecule has 4 aromatic rings. The van der Waals surface area contributed by atoms with E-state index >= 15 is 0 Å². The molecule has 0 aliphatic carbocycles. The first-order chi connectivity index (χ1) is 15.0. The zero-order valence-electron chi connectivity index (χ0n) is 16.5. The smallest absolute Gasteiger partial charge is 0.308 e. The molecule has 1 aromatic heterocycles. The van der Waals surface area contributed by atoms with Crippen molar-refractivity contribution in [2.24, 2.45) is 0 Å². The number of benzene rings is 3. The largest absolute Gasteiger partial charge is 0.490 e. The van der Waals surface area contributed by atoms with E-state index in [1.165, 1.54) is 12.1 Å². The monoisotopic (exact) mass is 452 g/mol. The number of sulfonamides is 1. The average Bonchev–Trinajstić information content (AvgIpc) is 3.08. The number of thiazole rings is 1. The molecular formula is C23H20N2O4S2. The van der Waals surface area contributed by atoms with Gasteiger partial charge >= 0.3 is 4.87 Å². The molecule has 0 radical (unpaired) electrons. The first-order valence-electron chi connectivity index (χ1n) is 9.50. The fraction of sp³-hybridized carbons (Fsp3) is 0.0870. The third-order valence-electron chi connectivity index (χ3n) is 4.61. The molecule has 0 bridgehead atoms. The van der Waals surface area contributed by atoms with Crippen molar-refractivity contribution in [2.45, 2.75) is 11.4 Å². The third-order valence-corrected chi connectivity index (χ3v) is 6.93. The molecule has 0 unspecified atom stereocenters. The van der Waals surface area contributed by atoms with Crippen LogP contribution in [0.1, 0.15) is 5.56 Å². The van der Waals surface area contributed by atoms with Crippen molar-refractivity contribution in [2.75, 3.05) is 11.3 Å². The van der Waals surface area contributed by atoms with Crippen LogP contribution in [0.25, 0.3) is 10.2 Å². The van der Waals surface area contributed by atoms with Gasteiger partial charge in [-0.15, -0.1) is 0 Å². The lowest BCUT2D eigenvalue weighted by molar-refractivity contribution is 0.363. The molecule has 0 saturated carbocycles. The second kappa shape index (κ2) is 8.79. The van der Waals surface area contributed by atoms with Gasteiger partial charge < -0.3 is 4.74 Å². The fourth-order valence-corrected chi connectivity index (χ4v) is 5.21. The van der Waals surface area contributed by atoms with Gasteiger partial charge in [-0.05, 0) is 48.0 Å². The van der Waals surface area contributed by atoms with E-state index in [4.69, 9.17) is 4.74 Å². The molecule has 3 aromatic carbocycles. The summed E-state index contributed by atoms with van der Waals surface area (Å²) in [6, 6.07) is 21.0. The maximum atomic E-state index is 12.8. The summed E-state index contributed by atoms with van der Waals surface area (Å²) >= 11 is 1.03.